The molecule has 1 aromatic carbocycles. The summed E-state index contributed by atoms with van der Waals surface area (Å²) >= 11 is 0. The lowest BCUT2D eigenvalue weighted by Crippen LogP contribution is -2.38. The van der Waals surface area contributed by atoms with Gasteiger partial charge in [-0.25, -0.2) is 4.79 Å². The summed E-state index contributed by atoms with van der Waals surface area (Å²) in [5.74, 6) is 0. The van der Waals surface area contributed by atoms with Crippen LogP contribution >= 0.6 is 0 Å². The molecule has 2 amide bonds. The van der Waals surface area contributed by atoms with Crippen molar-refractivity contribution < 1.29 is 23.1 Å². The lowest BCUT2D eigenvalue weighted by molar-refractivity contribution is -0.146. The van der Waals surface area contributed by atoms with E-state index in [-0.39, 0.29) is 25.7 Å². The van der Waals surface area contributed by atoms with Gasteiger partial charge in [0.05, 0.1) is 6.54 Å². The predicted molar refractivity (Wildman–Crippen MR) is 84.5 cm³/mol. The zero-order chi connectivity index (χ0) is 17.7. The molecule has 0 fully saturated rings. The Balaban J connectivity index is 2.02. The zero-order valence-electron chi connectivity index (χ0n) is 13.5. The molecule has 0 saturated heterocycles. The molecule has 0 aliphatic carbocycles. The minimum atomic E-state index is -4.24. The third kappa shape index (κ3) is 5.10. The summed E-state index contributed by atoms with van der Waals surface area (Å²) in [6.45, 7) is 1.27. The highest BCUT2D eigenvalue weighted by atomic mass is 19.4. The van der Waals surface area contributed by atoms with Gasteiger partial charge in [0.15, 0.2) is 0 Å². The summed E-state index contributed by atoms with van der Waals surface area (Å²) in [5.41, 5.74) is 2.03. The molecule has 2 rings (SSSR count). The fourth-order valence-electron chi connectivity index (χ4n) is 2.85. The van der Waals surface area contributed by atoms with Gasteiger partial charge in [0, 0.05) is 31.4 Å². The molecule has 1 atom stereocenters. The van der Waals surface area contributed by atoms with Crippen LogP contribution in [0.5, 0.6) is 0 Å². The molecule has 134 valence electrons. The third-order valence-electron chi connectivity index (χ3n) is 4.01. The lowest BCUT2D eigenvalue weighted by atomic mass is 10.1. The van der Waals surface area contributed by atoms with Crippen molar-refractivity contribution >= 4 is 11.7 Å². The Hall–Kier alpha value is -1.80. The molecule has 3 N–H and O–H groups in total. The third-order valence-corrected chi connectivity index (χ3v) is 4.01. The Labute approximate surface area is 138 Å². The molecule has 1 aromatic rings. The summed E-state index contributed by atoms with van der Waals surface area (Å²) in [7, 11) is 0. The average molecular weight is 345 g/mol. The molecule has 0 spiro atoms. The second-order valence-corrected chi connectivity index (χ2v) is 5.92. The van der Waals surface area contributed by atoms with Crippen LogP contribution in [-0.4, -0.2) is 41.4 Å². The van der Waals surface area contributed by atoms with Crippen molar-refractivity contribution in [3.8, 4) is 0 Å². The lowest BCUT2D eigenvalue weighted by Gasteiger charge is -2.18. The van der Waals surface area contributed by atoms with Gasteiger partial charge in [-0.3, -0.25) is 4.90 Å². The number of benzene rings is 1. The van der Waals surface area contributed by atoms with Gasteiger partial charge in [-0.05, 0) is 30.0 Å². The van der Waals surface area contributed by atoms with Crippen LogP contribution in [0.15, 0.2) is 18.2 Å². The van der Waals surface area contributed by atoms with E-state index in [0.29, 0.717) is 24.1 Å². The average Bonchev–Trinajstić information content (AvgIpc) is 2.88. The molecule has 0 radical (unpaired) electrons. The van der Waals surface area contributed by atoms with Crippen LogP contribution in [0.2, 0.25) is 0 Å². The molecular formula is C16H22F3N3O2. The van der Waals surface area contributed by atoms with Crippen molar-refractivity contribution in [3.05, 3.63) is 29.3 Å². The van der Waals surface area contributed by atoms with Gasteiger partial charge in [-0.2, -0.15) is 13.2 Å². The first kappa shape index (κ1) is 18.5. The summed E-state index contributed by atoms with van der Waals surface area (Å²) in [4.78, 5) is 13.4. The topological polar surface area (TPSA) is 64.6 Å². The number of carbonyl (C=O) groups excluding carboxylic acids is 1. The number of urea groups is 1. The zero-order valence-corrected chi connectivity index (χ0v) is 13.5. The number of alkyl halides is 3. The van der Waals surface area contributed by atoms with Gasteiger partial charge < -0.3 is 15.7 Å². The first-order valence-corrected chi connectivity index (χ1v) is 7.90. The van der Waals surface area contributed by atoms with Crippen molar-refractivity contribution in [2.24, 2.45) is 0 Å². The van der Waals surface area contributed by atoms with Gasteiger partial charge in [0.1, 0.15) is 0 Å². The number of halogens is 3. The van der Waals surface area contributed by atoms with E-state index in [0.717, 1.165) is 5.56 Å². The molecule has 0 saturated carbocycles. The summed E-state index contributed by atoms with van der Waals surface area (Å²) in [5, 5.41) is 14.4. The van der Waals surface area contributed by atoms with E-state index in [1.54, 1.807) is 18.2 Å². The van der Waals surface area contributed by atoms with Gasteiger partial charge >= 0.3 is 12.2 Å². The fourth-order valence-corrected chi connectivity index (χ4v) is 2.85. The van der Waals surface area contributed by atoms with Crippen molar-refractivity contribution in [3.63, 3.8) is 0 Å². The minimum absolute atomic E-state index is 0.0219. The van der Waals surface area contributed by atoms with Gasteiger partial charge in [-0.1, -0.05) is 19.1 Å². The van der Waals surface area contributed by atoms with Gasteiger partial charge in [-0.15, -0.1) is 0 Å². The number of fused-ring (bicyclic) bond motifs is 1. The number of aliphatic hydroxyl groups excluding tert-OH is 1. The molecule has 24 heavy (non-hydrogen) atoms. The van der Waals surface area contributed by atoms with Crippen molar-refractivity contribution in [2.75, 3.05) is 18.5 Å². The summed E-state index contributed by atoms with van der Waals surface area (Å²) < 4.78 is 37.7. The number of anilines is 1. The van der Waals surface area contributed by atoms with E-state index in [4.69, 9.17) is 5.11 Å². The number of rotatable bonds is 6. The van der Waals surface area contributed by atoms with Crippen LogP contribution in [0.25, 0.3) is 0 Å². The molecule has 1 aliphatic heterocycles. The highest BCUT2D eigenvalue weighted by Crippen LogP contribution is 2.31. The van der Waals surface area contributed by atoms with Crippen LogP contribution in [0.1, 0.15) is 30.9 Å². The second kappa shape index (κ2) is 7.85. The molecule has 1 aliphatic rings. The van der Waals surface area contributed by atoms with E-state index in [9.17, 15) is 18.0 Å². The van der Waals surface area contributed by atoms with Crippen molar-refractivity contribution in [1.29, 1.82) is 0 Å². The first-order valence-electron chi connectivity index (χ1n) is 7.90. The Morgan fingerprint density at radius 2 is 2.12 bits per heavy atom. The monoisotopic (exact) mass is 345 g/mol. The maximum absolute atomic E-state index is 12.6. The quantitative estimate of drug-likeness (QED) is 0.743. The number of amides is 2. The van der Waals surface area contributed by atoms with Gasteiger partial charge in [0.2, 0.25) is 0 Å². The largest absolute Gasteiger partial charge is 0.401 e. The number of hydrogen-bond donors (Lipinski definition) is 3. The normalized spacial score (nSPS) is 15.9. The van der Waals surface area contributed by atoms with E-state index in [1.807, 2.05) is 6.92 Å². The van der Waals surface area contributed by atoms with E-state index in [1.165, 1.54) is 4.90 Å². The molecule has 0 bridgehead atoms. The van der Waals surface area contributed by atoms with Gasteiger partial charge in [0.25, 0.3) is 0 Å². The molecule has 1 heterocycles. The van der Waals surface area contributed by atoms with Crippen molar-refractivity contribution in [2.45, 2.75) is 45.1 Å². The first-order chi connectivity index (χ1) is 11.3. The Morgan fingerprint density at radius 3 is 2.75 bits per heavy atom. The Kier molecular flexibility index (Phi) is 6.06. The van der Waals surface area contributed by atoms with Crippen LogP contribution in [-0.2, 0) is 13.1 Å². The number of hydrogen-bond acceptors (Lipinski definition) is 3. The second-order valence-electron chi connectivity index (χ2n) is 5.92. The minimum Gasteiger partial charge on any atom is -0.396 e. The molecule has 0 aromatic heterocycles. The highest BCUT2D eigenvalue weighted by molar-refractivity contribution is 5.90. The summed E-state index contributed by atoms with van der Waals surface area (Å²) in [6.07, 6.45) is -3.11. The molecular weight excluding hydrogens is 323 g/mol. The molecule has 8 heteroatoms. The van der Waals surface area contributed by atoms with Crippen molar-refractivity contribution in [1.82, 2.24) is 10.2 Å². The maximum Gasteiger partial charge on any atom is 0.401 e. The molecule has 0 unspecified atom stereocenters. The number of carbonyl (C=O) groups is 1. The van der Waals surface area contributed by atoms with Crippen LogP contribution in [0.4, 0.5) is 23.7 Å². The van der Waals surface area contributed by atoms with E-state index in [2.05, 4.69) is 10.6 Å². The van der Waals surface area contributed by atoms with Crippen LogP contribution < -0.4 is 10.6 Å². The highest BCUT2D eigenvalue weighted by Gasteiger charge is 2.34. The van der Waals surface area contributed by atoms with Crippen LogP contribution in [0, 0.1) is 0 Å². The predicted octanol–water partition coefficient (Wildman–Crippen LogP) is 2.85. The fraction of sp³-hybridized carbons (Fsp3) is 0.562. The summed E-state index contributed by atoms with van der Waals surface area (Å²) in [6, 6.07) is 4.61. The number of nitrogens with one attached hydrogen (secondary N) is 2. The van der Waals surface area contributed by atoms with Crippen LogP contribution in [0.3, 0.4) is 0 Å². The number of aliphatic hydroxyl groups is 1. The van der Waals surface area contributed by atoms with E-state index < -0.39 is 18.8 Å². The van der Waals surface area contributed by atoms with E-state index >= 15 is 0 Å². The Bertz CT molecular complexity index is 578. The smallest absolute Gasteiger partial charge is 0.396 e. The molecule has 5 nitrogen and oxygen atoms in total. The standard InChI is InChI=1S/C16H22F3N3O2/c1-2-12(6-7-23)20-15(24)21-14-5-3-4-11-8-22(9-13(11)14)10-16(17,18)19/h3-5,12,23H,2,6-10H2,1H3,(H2,20,21,24)/t12-/m1/s1. The SMILES string of the molecule is CC[C@H](CCO)NC(=O)Nc1cccc2c1CN(CC(F)(F)F)C2. The number of nitrogens with zero attached hydrogens (tertiary/aromatic N) is 1. The maximum atomic E-state index is 12.6. The Morgan fingerprint density at radius 1 is 1.38 bits per heavy atom.